The van der Waals surface area contributed by atoms with Crippen LogP contribution in [0, 0.1) is 0 Å². The highest BCUT2D eigenvalue weighted by Crippen LogP contribution is 2.34. The van der Waals surface area contributed by atoms with Gasteiger partial charge in [-0.25, -0.2) is 9.59 Å². The normalized spacial score (nSPS) is 21.1. The van der Waals surface area contributed by atoms with E-state index in [0.29, 0.717) is 23.6 Å². The molecule has 1 aliphatic carbocycles. The van der Waals surface area contributed by atoms with E-state index in [1.165, 1.54) is 12.8 Å². The molecule has 1 saturated carbocycles. The lowest BCUT2D eigenvalue weighted by Crippen LogP contribution is -2.45. The second kappa shape index (κ2) is 8.93. The molecule has 1 aromatic carbocycles. The lowest BCUT2D eigenvalue weighted by atomic mass is 9.94. The number of amides is 2. The van der Waals surface area contributed by atoms with Gasteiger partial charge in [0.2, 0.25) is 0 Å². The lowest BCUT2D eigenvalue weighted by Gasteiger charge is -2.30. The number of rotatable bonds is 5. The molecule has 6 nitrogen and oxygen atoms in total. The van der Waals surface area contributed by atoms with Crippen LogP contribution in [0.5, 0.6) is 5.75 Å². The van der Waals surface area contributed by atoms with Crippen LogP contribution in [-0.2, 0) is 9.53 Å². The van der Waals surface area contributed by atoms with Gasteiger partial charge in [-0.1, -0.05) is 31.0 Å². The van der Waals surface area contributed by atoms with Gasteiger partial charge in [0.25, 0.3) is 0 Å². The van der Waals surface area contributed by atoms with Gasteiger partial charge in [-0.05, 0) is 45.6 Å². The molecule has 0 radical (unpaired) electrons. The van der Waals surface area contributed by atoms with Gasteiger partial charge in [0.1, 0.15) is 11.9 Å². The first-order valence-corrected chi connectivity index (χ1v) is 9.81. The average Bonchev–Trinajstić information content (AvgIpc) is 2.90. The molecule has 146 valence electrons. The molecule has 0 saturated heterocycles. The maximum atomic E-state index is 13.0. The summed E-state index contributed by atoms with van der Waals surface area (Å²) >= 11 is 0. The Bertz CT molecular complexity index is 721. The van der Waals surface area contributed by atoms with Crippen molar-refractivity contribution < 1.29 is 19.1 Å². The third-order valence-electron chi connectivity index (χ3n) is 5.09. The third-order valence-corrected chi connectivity index (χ3v) is 5.09. The van der Waals surface area contributed by atoms with Crippen molar-refractivity contribution in [1.82, 2.24) is 10.6 Å². The zero-order valence-electron chi connectivity index (χ0n) is 16.0. The van der Waals surface area contributed by atoms with Crippen LogP contribution in [-0.4, -0.2) is 24.7 Å². The van der Waals surface area contributed by atoms with E-state index in [4.69, 9.17) is 9.47 Å². The number of nitrogens with one attached hydrogen (secondary N) is 2. The zero-order chi connectivity index (χ0) is 19.2. The molecule has 1 heterocycles. The average molecular weight is 372 g/mol. The fraction of sp³-hybridized carbons (Fsp3) is 0.524. The van der Waals surface area contributed by atoms with Crippen molar-refractivity contribution in [2.45, 2.75) is 64.5 Å². The van der Waals surface area contributed by atoms with E-state index >= 15 is 0 Å². The van der Waals surface area contributed by atoms with Crippen LogP contribution in [0.15, 0.2) is 35.5 Å². The van der Waals surface area contributed by atoms with Crippen LogP contribution in [0.25, 0.3) is 0 Å². The van der Waals surface area contributed by atoms with Crippen LogP contribution in [0.2, 0.25) is 0 Å². The summed E-state index contributed by atoms with van der Waals surface area (Å²) in [4.78, 5) is 25.1. The first-order chi connectivity index (χ1) is 13.1. The van der Waals surface area contributed by atoms with Crippen molar-refractivity contribution in [3.05, 3.63) is 41.1 Å². The minimum atomic E-state index is -0.597. The predicted molar refractivity (Wildman–Crippen MR) is 102 cm³/mol. The van der Waals surface area contributed by atoms with Gasteiger partial charge in [0.05, 0.1) is 18.2 Å². The smallest absolute Gasteiger partial charge is 0.338 e. The Kier molecular flexibility index (Phi) is 6.37. The molecule has 1 aliphatic heterocycles. The number of ether oxygens (including phenoxy) is 2. The highest BCUT2D eigenvalue weighted by Gasteiger charge is 2.34. The number of esters is 1. The lowest BCUT2D eigenvalue weighted by molar-refractivity contribution is -0.145. The summed E-state index contributed by atoms with van der Waals surface area (Å²) in [6.07, 6.45) is 6.30. The molecular formula is C21H28N2O4. The van der Waals surface area contributed by atoms with E-state index in [-0.39, 0.29) is 18.1 Å². The van der Waals surface area contributed by atoms with Crippen molar-refractivity contribution in [3.63, 3.8) is 0 Å². The minimum Gasteiger partial charge on any atom is -0.494 e. The second-order valence-electron chi connectivity index (χ2n) is 7.06. The molecule has 3 rings (SSSR count). The maximum absolute atomic E-state index is 13.0. The molecule has 1 aromatic rings. The minimum absolute atomic E-state index is 0.0549. The predicted octanol–water partition coefficient (Wildman–Crippen LogP) is 3.98. The standard InChI is InChI=1S/C21H28N2O4/c1-3-26-17-13-9-8-12-16(17)19-18(14(2)22-21(25)23-19)20(24)27-15-10-6-4-5-7-11-15/h8-9,12-13,15,19H,3-7,10-11H2,1-2H3,(H2,22,23,25)/t19-/m0/s1. The SMILES string of the molecule is CCOc1ccccc1[C@@H]1NC(=O)NC(C)=C1C(=O)OC1CCCCCC1. The number of para-hydroxylation sites is 1. The van der Waals surface area contributed by atoms with E-state index in [0.717, 1.165) is 31.2 Å². The molecule has 6 heteroatoms. The Morgan fingerprint density at radius 2 is 1.85 bits per heavy atom. The molecule has 1 atom stereocenters. The Labute approximate surface area is 160 Å². The van der Waals surface area contributed by atoms with Crippen LogP contribution < -0.4 is 15.4 Å². The van der Waals surface area contributed by atoms with Crippen molar-refractivity contribution in [3.8, 4) is 5.75 Å². The fourth-order valence-corrected chi connectivity index (χ4v) is 3.78. The van der Waals surface area contributed by atoms with Crippen LogP contribution in [0.4, 0.5) is 4.79 Å². The Balaban J connectivity index is 1.89. The number of hydrogen-bond donors (Lipinski definition) is 2. The first-order valence-electron chi connectivity index (χ1n) is 9.81. The maximum Gasteiger partial charge on any atom is 0.338 e. The highest BCUT2D eigenvalue weighted by molar-refractivity contribution is 5.95. The van der Waals surface area contributed by atoms with Crippen LogP contribution in [0.3, 0.4) is 0 Å². The molecule has 0 spiro atoms. The molecule has 1 fully saturated rings. The summed E-state index contributed by atoms with van der Waals surface area (Å²) in [5, 5.41) is 5.55. The van der Waals surface area contributed by atoms with E-state index in [1.807, 2.05) is 31.2 Å². The monoisotopic (exact) mass is 372 g/mol. The zero-order valence-corrected chi connectivity index (χ0v) is 16.0. The molecule has 2 amide bonds. The van der Waals surface area contributed by atoms with Gasteiger partial charge in [-0.2, -0.15) is 0 Å². The van der Waals surface area contributed by atoms with Crippen molar-refractivity contribution in [2.24, 2.45) is 0 Å². The Morgan fingerprint density at radius 1 is 1.15 bits per heavy atom. The summed E-state index contributed by atoms with van der Waals surface area (Å²) in [5.74, 6) is 0.281. The van der Waals surface area contributed by atoms with Crippen molar-refractivity contribution in [2.75, 3.05) is 6.61 Å². The van der Waals surface area contributed by atoms with Crippen molar-refractivity contribution >= 4 is 12.0 Å². The van der Waals surface area contributed by atoms with E-state index in [1.54, 1.807) is 6.92 Å². The molecule has 2 aliphatic rings. The van der Waals surface area contributed by atoms with Gasteiger partial charge in [-0.3, -0.25) is 0 Å². The number of urea groups is 1. The van der Waals surface area contributed by atoms with Crippen LogP contribution >= 0.6 is 0 Å². The summed E-state index contributed by atoms with van der Waals surface area (Å²) in [6, 6.07) is 6.52. The molecular weight excluding hydrogens is 344 g/mol. The summed E-state index contributed by atoms with van der Waals surface area (Å²) < 4.78 is 11.5. The van der Waals surface area contributed by atoms with Gasteiger partial charge >= 0.3 is 12.0 Å². The third kappa shape index (κ3) is 4.62. The Hall–Kier alpha value is -2.50. The van der Waals surface area contributed by atoms with Crippen molar-refractivity contribution in [1.29, 1.82) is 0 Å². The van der Waals surface area contributed by atoms with Gasteiger partial charge in [0, 0.05) is 11.3 Å². The number of benzene rings is 1. The number of hydrogen-bond acceptors (Lipinski definition) is 4. The summed E-state index contributed by atoms with van der Waals surface area (Å²) in [7, 11) is 0. The number of allylic oxidation sites excluding steroid dienone is 1. The first kappa shape index (κ1) is 19.3. The largest absolute Gasteiger partial charge is 0.494 e. The topological polar surface area (TPSA) is 76.7 Å². The van der Waals surface area contributed by atoms with E-state index in [2.05, 4.69) is 10.6 Å². The van der Waals surface area contributed by atoms with Crippen LogP contribution in [0.1, 0.15) is 64.0 Å². The van der Waals surface area contributed by atoms with E-state index in [9.17, 15) is 9.59 Å². The van der Waals surface area contributed by atoms with Gasteiger partial charge in [0.15, 0.2) is 0 Å². The fourth-order valence-electron chi connectivity index (χ4n) is 3.78. The molecule has 0 bridgehead atoms. The molecule has 27 heavy (non-hydrogen) atoms. The number of carbonyl (C=O) groups excluding carboxylic acids is 2. The highest BCUT2D eigenvalue weighted by atomic mass is 16.5. The number of carbonyl (C=O) groups is 2. The molecule has 0 aromatic heterocycles. The van der Waals surface area contributed by atoms with Gasteiger partial charge in [-0.15, -0.1) is 0 Å². The summed E-state index contributed by atoms with van der Waals surface area (Å²) in [5.41, 5.74) is 1.71. The quantitative estimate of drug-likeness (QED) is 0.605. The molecule has 2 N–H and O–H groups in total. The summed E-state index contributed by atoms with van der Waals surface area (Å²) in [6.45, 7) is 4.14. The second-order valence-corrected chi connectivity index (χ2v) is 7.06. The van der Waals surface area contributed by atoms with E-state index < -0.39 is 6.04 Å². The van der Waals surface area contributed by atoms with Gasteiger partial charge < -0.3 is 20.1 Å². The molecule has 0 unspecified atom stereocenters. The Morgan fingerprint density at radius 3 is 2.56 bits per heavy atom.